The Morgan fingerprint density at radius 3 is 2.07 bits per heavy atom. The third-order valence-electron chi connectivity index (χ3n) is 4.44. The lowest BCUT2D eigenvalue weighted by Gasteiger charge is -2.12. The van der Waals surface area contributed by atoms with Gasteiger partial charge in [0.15, 0.2) is 0 Å². The summed E-state index contributed by atoms with van der Waals surface area (Å²) in [4.78, 5) is 14.9. The summed E-state index contributed by atoms with van der Waals surface area (Å²) in [5.41, 5.74) is 3.00. The van der Waals surface area contributed by atoms with Crippen LogP contribution in [0.5, 0.6) is 0 Å². The van der Waals surface area contributed by atoms with E-state index in [0.717, 1.165) is 37.6 Å². The van der Waals surface area contributed by atoms with Crippen LogP contribution in [-0.4, -0.2) is 9.78 Å². The van der Waals surface area contributed by atoms with Crippen molar-refractivity contribution >= 4 is 35.1 Å². The number of benzene rings is 3. The van der Waals surface area contributed by atoms with Crippen LogP contribution in [-0.2, 0) is 11.5 Å². The molecular formula is C24H19ClN2OS2. The molecule has 6 heteroatoms. The first-order valence-electron chi connectivity index (χ1n) is 9.42. The van der Waals surface area contributed by atoms with Gasteiger partial charge >= 0.3 is 0 Å². The maximum absolute atomic E-state index is 13.3. The van der Waals surface area contributed by atoms with Crippen LogP contribution in [0.15, 0.2) is 106 Å². The first-order valence-corrected chi connectivity index (χ1v) is 11.8. The molecule has 150 valence electrons. The Morgan fingerprint density at radius 2 is 1.37 bits per heavy atom. The van der Waals surface area contributed by atoms with Crippen LogP contribution in [0.2, 0.25) is 5.02 Å². The number of nitrogens with zero attached hydrogens (tertiary/aromatic N) is 2. The van der Waals surface area contributed by atoms with E-state index in [0.29, 0.717) is 0 Å². The highest BCUT2D eigenvalue weighted by Gasteiger charge is 2.14. The number of thioether (sulfide) groups is 2. The molecule has 0 aliphatic rings. The summed E-state index contributed by atoms with van der Waals surface area (Å²) in [6.07, 6.45) is 1.79. The van der Waals surface area contributed by atoms with Gasteiger partial charge in [0.1, 0.15) is 0 Å². The van der Waals surface area contributed by atoms with E-state index in [2.05, 4.69) is 17.2 Å². The average Bonchev–Trinajstić information content (AvgIpc) is 2.79. The molecule has 4 aromatic rings. The van der Waals surface area contributed by atoms with Crippen molar-refractivity contribution in [3.8, 4) is 5.69 Å². The highest BCUT2D eigenvalue weighted by atomic mass is 35.5. The van der Waals surface area contributed by atoms with E-state index in [1.54, 1.807) is 29.7 Å². The number of hydrogen-bond donors (Lipinski definition) is 0. The Labute approximate surface area is 189 Å². The van der Waals surface area contributed by atoms with Crippen molar-refractivity contribution in [2.75, 3.05) is 0 Å². The Hall–Kier alpha value is -2.47. The molecule has 0 atom stereocenters. The monoisotopic (exact) mass is 450 g/mol. The molecule has 0 N–H and O–H groups in total. The number of hydrogen-bond acceptors (Lipinski definition) is 4. The van der Waals surface area contributed by atoms with E-state index >= 15 is 0 Å². The molecule has 0 bridgehead atoms. The molecule has 0 aliphatic carbocycles. The second-order valence-corrected chi connectivity index (χ2v) is 9.02. The number of rotatable bonds is 7. The van der Waals surface area contributed by atoms with Gasteiger partial charge in [-0.1, -0.05) is 72.3 Å². The number of para-hydroxylation sites is 1. The van der Waals surface area contributed by atoms with Crippen LogP contribution in [0, 0.1) is 0 Å². The van der Waals surface area contributed by atoms with Crippen LogP contribution in [0.1, 0.15) is 11.1 Å². The Morgan fingerprint density at radius 1 is 0.767 bits per heavy atom. The minimum Gasteiger partial charge on any atom is -0.266 e. The summed E-state index contributed by atoms with van der Waals surface area (Å²) in [6.45, 7) is 0. The molecule has 0 unspecified atom stereocenters. The molecule has 1 aromatic heterocycles. The van der Waals surface area contributed by atoms with Gasteiger partial charge in [-0.3, -0.25) is 4.79 Å². The maximum atomic E-state index is 13.3. The fourth-order valence-electron chi connectivity index (χ4n) is 2.88. The molecule has 0 saturated heterocycles. The Bertz CT molecular complexity index is 1160. The molecule has 0 fully saturated rings. The Balaban J connectivity index is 1.64. The van der Waals surface area contributed by atoms with Gasteiger partial charge in [0.2, 0.25) is 0 Å². The first-order chi connectivity index (χ1) is 14.7. The molecule has 0 amide bonds. The van der Waals surface area contributed by atoms with E-state index in [1.807, 2.05) is 72.8 Å². The normalized spacial score (nSPS) is 10.8. The van der Waals surface area contributed by atoms with Crippen molar-refractivity contribution in [1.82, 2.24) is 9.78 Å². The maximum Gasteiger partial charge on any atom is 0.286 e. The van der Waals surface area contributed by atoms with E-state index in [-0.39, 0.29) is 5.56 Å². The van der Waals surface area contributed by atoms with Crippen molar-refractivity contribution in [3.05, 3.63) is 118 Å². The minimum absolute atomic E-state index is 0.0942. The first kappa shape index (κ1) is 20.8. The summed E-state index contributed by atoms with van der Waals surface area (Å²) >= 11 is 9.16. The standard InChI is InChI=1S/C24H19ClN2OS2/c25-20-13-11-19(12-14-20)16-29-22-15-26-27(21-9-5-2-6-10-21)24(28)23(22)30-17-18-7-3-1-4-8-18/h1-15H,16-17H2. The lowest BCUT2D eigenvalue weighted by Crippen LogP contribution is -2.23. The summed E-state index contributed by atoms with van der Waals surface area (Å²) in [5.74, 6) is 1.47. The predicted octanol–water partition coefficient (Wildman–Crippen LogP) is 6.47. The Kier molecular flexibility index (Phi) is 6.95. The number of aromatic nitrogens is 2. The van der Waals surface area contributed by atoms with Gasteiger partial charge in [0, 0.05) is 21.4 Å². The van der Waals surface area contributed by atoms with Gasteiger partial charge < -0.3 is 0 Å². The van der Waals surface area contributed by atoms with Crippen LogP contribution in [0.3, 0.4) is 0 Å². The average molecular weight is 451 g/mol. The number of halogens is 1. The zero-order valence-corrected chi connectivity index (χ0v) is 18.5. The topological polar surface area (TPSA) is 34.9 Å². The van der Waals surface area contributed by atoms with Crippen molar-refractivity contribution < 1.29 is 0 Å². The molecule has 0 spiro atoms. The quantitative estimate of drug-likeness (QED) is 0.302. The largest absolute Gasteiger partial charge is 0.286 e. The van der Waals surface area contributed by atoms with Crippen LogP contribution in [0.25, 0.3) is 5.69 Å². The lowest BCUT2D eigenvalue weighted by molar-refractivity contribution is 0.756. The van der Waals surface area contributed by atoms with Crippen molar-refractivity contribution in [1.29, 1.82) is 0 Å². The third-order valence-corrected chi connectivity index (χ3v) is 7.08. The predicted molar refractivity (Wildman–Crippen MR) is 127 cm³/mol. The highest BCUT2D eigenvalue weighted by molar-refractivity contribution is 8.01. The van der Waals surface area contributed by atoms with Crippen LogP contribution < -0.4 is 5.56 Å². The van der Waals surface area contributed by atoms with Gasteiger partial charge in [-0.15, -0.1) is 23.5 Å². The molecule has 30 heavy (non-hydrogen) atoms. The van der Waals surface area contributed by atoms with E-state index in [4.69, 9.17) is 11.6 Å². The van der Waals surface area contributed by atoms with Crippen LogP contribution >= 0.6 is 35.1 Å². The van der Waals surface area contributed by atoms with Gasteiger partial charge in [-0.25, -0.2) is 0 Å². The van der Waals surface area contributed by atoms with Gasteiger partial charge in [-0.2, -0.15) is 9.78 Å². The zero-order chi connectivity index (χ0) is 20.8. The fraction of sp³-hybridized carbons (Fsp3) is 0.0833. The lowest BCUT2D eigenvalue weighted by atomic mass is 10.2. The fourth-order valence-corrected chi connectivity index (χ4v) is 5.13. The molecule has 3 aromatic carbocycles. The van der Waals surface area contributed by atoms with Crippen molar-refractivity contribution in [2.24, 2.45) is 0 Å². The zero-order valence-electron chi connectivity index (χ0n) is 16.1. The molecule has 0 aliphatic heterocycles. The summed E-state index contributed by atoms with van der Waals surface area (Å²) < 4.78 is 1.47. The SMILES string of the molecule is O=c1c(SCc2ccccc2)c(SCc2ccc(Cl)cc2)cnn1-c1ccccc1. The summed E-state index contributed by atoms with van der Waals surface area (Å²) in [7, 11) is 0. The minimum atomic E-state index is -0.0942. The highest BCUT2D eigenvalue weighted by Crippen LogP contribution is 2.32. The molecule has 1 heterocycles. The van der Waals surface area contributed by atoms with E-state index in [1.165, 1.54) is 10.2 Å². The second kappa shape index (κ2) is 10.0. The van der Waals surface area contributed by atoms with Crippen LogP contribution in [0.4, 0.5) is 0 Å². The van der Waals surface area contributed by atoms with Crippen molar-refractivity contribution in [2.45, 2.75) is 21.3 Å². The van der Waals surface area contributed by atoms with Gasteiger partial charge in [-0.05, 0) is 35.4 Å². The molecule has 3 nitrogen and oxygen atoms in total. The molecular weight excluding hydrogens is 432 g/mol. The summed E-state index contributed by atoms with van der Waals surface area (Å²) in [5, 5.41) is 5.16. The van der Waals surface area contributed by atoms with Gasteiger partial charge in [0.25, 0.3) is 5.56 Å². The van der Waals surface area contributed by atoms with Gasteiger partial charge in [0.05, 0.1) is 16.8 Å². The molecule has 4 rings (SSSR count). The van der Waals surface area contributed by atoms with E-state index in [9.17, 15) is 4.79 Å². The summed E-state index contributed by atoms with van der Waals surface area (Å²) in [6, 6.07) is 27.5. The smallest absolute Gasteiger partial charge is 0.266 e. The second-order valence-electron chi connectivity index (χ2n) is 6.58. The third kappa shape index (κ3) is 5.17. The van der Waals surface area contributed by atoms with E-state index < -0.39 is 0 Å². The molecule has 0 saturated carbocycles. The van der Waals surface area contributed by atoms with Crippen molar-refractivity contribution in [3.63, 3.8) is 0 Å². The molecule has 0 radical (unpaired) electrons.